The van der Waals surface area contributed by atoms with Crippen molar-refractivity contribution in [2.75, 3.05) is 94.6 Å². The lowest BCUT2D eigenvalue weighted by Gasteiger charge is -2.46. The quantitative estimate of drug-likeness (QED) is 0.0172. The second-order valence-corrected chi connectivity index (χ2v) is 16.2. The van der Waals surface area contributed by atoms with Crippen LogP contribution in [-0.2, 0) is 33.3 Å². The molecule has 1 heterocycles. The van der Waals surface area contributed by atoms with Gasteiger partial charge in [-0.2, -0.15) is 11.8 Å². The maximum absolute atomic E-state index is 12.9. The van der Waals surface area contributed by atoms with E-state index in [9.17, 15) is 44.4 Å². The van der Waals surface area contributed by atoms with Gasteiger partial charge in [0.1, 0.15) is 29.8 Å². The van der Waals surface area contributed by atoms with Gasteiger partial charge in [-0.15, -0.1) is 0 Å². The van der Waals surface area contributed by atoms with Gasteiger partial charge in [0.05, 0.1) is 57.9 Å². The Bertz CT molecular complexity index is 1920. The summed E-state index contributed by atoms with van der Waals surface area (Å²) < 4.78 is 28.0. The summed E-state index contributed by atoms with van der Waals surface area (Å²) in [6, 6.07) is 15.3. The molecule has 7 atom stereocenters. The van der Waals surface area contributed by atoms with Gasteiger partial charge in [-0.1, -0.05) is 42.5 Å². The fraction of sp³-hybridized carbons (Fsp3) is 0.568. The first-order chi connectivity index (χ1) is 30.9. The van der Waals surface area contributed by atoms with Crippen molar-refractivity contribution in [2.24, 2.45) is 0 Å². The summed E-state index contributed by atoms with van der Waals surface area (Å²) in [7, 11) is 0. The molecule has 354 valence electrons. The van der Waals surface area contributed by atoms with E-state index in [4.69, 9.17) is 23.7 Å². The molecule has 0 aromatic heterocycles. The minimum Gasteiger partial charge on any atom is -0.391 e. The second kappa shape index (κ2) is 27.9. The van der Waals surface area contributed by atoms with Crippen molar-refractivity contribution in [3.05, 3.63) is 80.6 Å². The zero-order valence-corrected chi connectivity index (χ0v) is 37.1. The van der Waals surface area contributed by atoms with Crippen molar-refractivity contribution in [3.63, 3.8) is 0 Å². The van der Waals surface area contributed by atoms with Crippen molar-refractivity contribution in [1.29, 1.82) is 0 Å². The third-order valence-electron chi connectivity index (χ3n) is 10.1. The minimum atomic E-state index is -1.98. The van der Waals surface area contributed by atoms with Crippen LogP contribution < -0.4 is 37.4 Å². The largest absolute Gasteiger partial charge is 0.391 e. The molecule has 9 N–H and O–H groups in total. The van der Waals surface area contributed by atoms with E-state index in [1.165, 1.54) is 6.92 Å². The number of anilines is 2. The van der Waals surface area contributed by atoms with Gasteiger partial charge in [0.25, 0.3) is 16.8 Å². The molecule has 0 radical (unpaired) electrons. The molecule has 0 bridgehead atoms. The number of benzene rings is 2. The molecule has 1 aliphatic heterocycles. The van der Waals surface area contributed by atoms with Crippen LogP contribution in [0.25, 0.3) is 11.1 Å². The number of aliphatic hydroxyl groups excluding tert-OH is 4. The lowest BCUT2D eigenvalue weighted by Crippen LogP contribution is -2.66. The molecule has 3 aromatic carbocycles. The molecule has 64 heavy (non-hydrogen) atoms. The highest BCUT2D eigenvalue weighted by atomic mass is 32.2. The molecular weight excluding hydrogens is 855 g/mol. The van der Waals surface area contributed by atoms with Crippen LogP contribution in [0.4, 0.5) is 11.4 Å². The highest BCUT2D eigenvalue weighted by Crippen LogP contribution is 2.32. The van der Waals surface area contributed by atoms with Crippen molar-refractivity contribution in [3.8, 4) is 11.1 Å². The number of thioether (sulfide) groups is 1. The first kappa shape index (κ1) is 52.3. The van der Waals surface area contributed by atoms with Crippen LogP contribution in [0.1, 0.15) is 43.5 Å². The summed E-state index contributed by atoms with van der Waals surface area (Å²) in [5, 5.41) is 57.4. The summed E-state index contributed by atoms with van der Waals surface area (Å²) in [6.07, 6.45) is -6.07. The van der Waals surface area contributed by atoms with Crippen molar-refractivity contribution in [2.45, 2.75) is 75.6 Å². The van der Waals surface area contributed by atoms with Gasteiger partial charge in [0.15, 0.2) is 6.29 Å². The average Bonchev–Trinajstić information content (AvgIpc) is 3.30. The van der Waals surface area contributed by atoms with Gasteiger partial charge in [-0.25, -0.2) is 0 Å². The summed E-state index contributed by atoms with van der Waals surface area (Å²) in [4.78, 5) is 60.9. The van der Waals surface area contributed by atoms with Crippen LogP contribution in [0.3, 0.4) is 0 Å². The highest BCUT2D eigenvalue weighted by Gasteiger charge is 2.51. The standard InChI is InChI=1S/C44H63N5O14S/c1-3-59-19-16-46-37-38(41(57)40(37)56)47-17-21-61-23-22-60-20-15-45-35(54)14-25-64-24-7-18-62-44(28-50)26-33(52)36(49-29(2)51)42(63-44)39(55)34(53)27-48-43(58)32-12-10-31(11-13-32)30-8-5-4-6-9-30/h4-6,8-13,28,33-36,39,42,45-47,52-55H,3,7,14-27H2,1-2H3,(H,48,58)(H,49,51)/t33-,34?,35?,36?,39+,42?,44+/m0/s1. The fourth-order valence-corrected chi connectivity index (χ4v) is 7.68. The Kier molecular flexibility index (Phi) is 22.8. The number of nitrogens with one attached hydrogen (secondary N) is 5. The number of carbonyl (C=O) groups excluding carboxylic acids is 3. The normalized spacial score (nSPS) is 20.0. The molecule has 19 nitrogen and oxygen atoms in total. The van der Waals surface area contributed by atoms with Gasteiger partial charge in [-0.3, -0.25) is 29.3 Å². The van der Waals surface area contributed by atoms with E-state index in [-0.39, 0.29) is 24.4 Å². The monoisotopic (exact) mass is 917 g/mol. The van der Waals surface area contributed by atoms with Gasteiger partial charge in [0.2, 0.25) is 11.7 Å². The molecule has 0 aliphatic carbocycles. The molecule has 0 spiro atoms. The molecule has 2 amide bonds. The van der Waals surface area contributed by atoms with Gasteiger partial charge >= 0.3 is 0 Å². The van der Waals surface area contributed by atoms with Crippen LogP contribution in [0, 0.1) is 0 Å². The first-order valence-corrected chi connectivity index (χ1v) is 22.6. The van der Waals surface area contributed by atoms with E-state index in [1.54, 1.807) is 36.0 Å². The molecule has 1 fully saturated rings. The molecule has 1 saturated heterocycles. The van der Waals surface area contributed by atoms with Gasteiger partial charge in [0, 0.05) is 51.7 Å². The Morgan fingerprint density at radius 1 is 0.859 bits per heavy atom. The van der Waals surface area contributed by atoms with Crippen molar-refractivity contribution >= 4 is 41.2 Å². The molecule has 1 aliphatic rings. The second-order valence-electron chi connectivity index (χ2n) is 15.0. The van der Waals surface area contributed by atoms with E-state index in [1.807, 2.05) is 37.3 Å². The number of carbonyl (C=O) groups is 3. The Balaban J connectivity index is 1.08. The fourth-order valence-electron chi connectivity index (χ4n) is 6.77. The molecule has 0 saturated carbocycles. The van der Waals surface area contributed by atoms with Crippen LogP contribution in [0.5, 0.6) is 0 Å². The van der Waals surface area contributed by atoms with Crippen LogP contribution in [-0.4, -0.2) is 165 Å². The van der Waals surface area contributed by atoms with Crippen molar-refractivity contribution < 1.29 is 58.5 Å². The van der Waals surface area contributed by atoms with Crippen molar-refractivity contribution in [1.82, 2.24) is 16.0 Å². The minimum absolute atomic E-state index is 0.0404. The zero-order chi connectivity index (χ0) is 46.3. The highest BCUT2D eigenvalue weighted by molar-refractivity contribution is 7.99. The van der Waals surface area contributed by atoms with E-state index >= 15 is 0 Å². The van der Waals surface area contributed by atoms with E-state index in [0.717, 1.165) is 11.1 Å². The predicted molar refractivity (Wildman–Crippen MR) is 241 cm³/mol. The SMILES string of the molecule is CCOCCNc1c(NCCOCCOCCNC(O)CCSCCCO[C@]2(C=O)C[C@H](O)C(NC(C)=O)C([C@H](O)C(O)CNC(=O)c3ccc(-c4ccccc4)cc3)O2)c(=O)c1=O. The summed E-state index contributed by atoms with van der Waals surface area (Å²) in [6.45, 7) is 6.21. The lowest BCUT2D eigenvalue weighted by molar-refractivity contribution is -0.296. The number of rotatable bonds is 32. The van der Waals surface area contributed by atoms with Crippen LogP contribution >= 0.6 is 11.8 Å². The van der Waals surface area contributed by atoms with E-state index in [2.05, 4.69) is 26.6 Å². The number of hydrogen-bond donors (Lipinski definition) is 9. The van der Waals surface area contributed by atoms with Gasteiger partial charge in [-0.05, 0) is 54.5 Å². The van der Waals surface area contributed by atoms with E-state index in [0.29, 0.717) is 95.5 Å². The topological polar surface area (TPSA) is 273 Å². The number of amides is 2. The lowest BCUT2D eigenvalue weighted by atomic mass is 9.88. The zero-order valence-electron chi connectivity index (χ0n) is 36.3. The molecule has 20 heteroatoms. The van der Waals surface area contributed by atoms with Gasteiger partial charge < -0.3 is 65.4 Å². The Morgan fingerprint density at radius 2 is 1.48 bits per heavy atom. The summed E-state index contributed by atoms with van der Waals surface area (Å²) in [5.74, 6) is -1.80. The third-order valence-corrected chi connectivity index (χ3v) is 11.2. The average molecular weight is 918 g/mol. The number of ether oxygens (including phenoxy) is 5. The maximum Gasteiger partial charge on any atom is 0.253 e. The van der Waals surface area contributed by atoms with E-state index < -0.39 is 71.7 Å². The predicted octanol–water partition coefficient (Wildman–Crippen LogP) is -0.0174. The first-order valence-electron chi connectivity index (χ1n) is 21.5. The maximum atomic E-state index is 12.9. The molecule has 4 unspecified atom stereocenters. The number of aliphatic hydroxyl groups is 4. The molecule has 4 rings (SSSR count). The Morgan fingerprint density at radius 3 is 2.11 bits per heavy atom. The Hall–Kier alpha value is -4.32. The third kappa shape index (κ3) is 16.6. The Labute approximate surface area is 376 Å². The van der Waals surface area contributed by atoms with Crippen LogP contribution in [0.15, 0.2) is 64.2 Å². The summed E-state index contributed by atoms with van der Waals surface area (Å²) in [5.41, 5.74) is 1.64. The smallest absolute Gasteiger partial charge is 0.253 e. The van der Waals surface area contributed by atoms with Crippen LogP contribution in [0.2, 0.25) is 0 Å². The molecule has 3 aromatic rings. The number of hydrogen-bond acceptors (Lipinski definition) is 18. The summed E-state index contributed by atoms with van der Waals surface area (Å²) >= 11 is 1.55. The molecular formula is C44H63N5O14S. The number of aldehydes is 1.